The fraction of sp³-hybridized carbons (Fsp3) is 0.538. The van der Waals surface area contributed by atoms with E-state index in [2.05, 4.69) is 12.2 Å². The molecule has 1 aliphatic rings. The summed E-state index contributed by atoms with van der Waals surface area (Å²) in [6.07, 6.45) is 5.00. The molecule has 0 saturated heterocycles. The lowest BCUT2D eigenvalue weighted by Gasteiger charge is -2.25. The Balaban J connectivity index is 2.06. The Labute approximate surface area is 106 Å². The zero-order valence-corrected chi connectivity index (χ0v) is 10.8. The number of nitrogens with one attached hydrogen (secondary N) is 1. The van der Waals surface area contributed by atoms with E-state index in [0.29, 0.717) is 16.8 Å². The minimum atomic E-state index is -0.431. The molecule has 0 atom stereocenters. The van der Waals surface area contributed by atoms with Crippen LogP contribution in [0.1, 0.15) is 32.6 Å². The molecule has 4 heteroatoms. The van der Waals surface area contributed by atoms with Crippen LogP contribution in [0.25, 0.3) is 0 Å². The largest absolute Gasteiger partial charge is 0.397 e. The lowest BCUT2D eigenvalue weighted by molar-refractivity contribution is 0.362. The highest BCUT2D eigenvalue weighted by Crippen LogP contribution is 2.38. The molecule has 0 aromatic heterocycles. The van der Waals surface area contributed by atoms with Gasteiger partial charge < -0.3 is 11.1 Å². The maximum absolute atomic E-state index is 13.3. The van der Waals surface area contributed by atoms with Crippen LogP contribution in [0.4, 0.5) is 15.8 Å². The minimum absolute atomic E-state index is 0.0696. The number of nitrogens with two attached hydrogens (primary N) is 1. The molecule has 1 saturated carbocycles. The van der Waals surface area contributed by atoms with Crippen molar-refractivity contribution in [1.29, 1.82) is 0 Å². The molecule has 1 aliphatic carbocycles. The number of rotatable bonds is 3. The van der Waals surface area contributed by atoms with Crippen molar-refractivity contribution >= 4 is 23.0 Å². The normalized spacial score (nSPS) is 18.3. The van der Waals surface area contributed by atoms with Crippen molar-refractivity contribution in [2.45, 2.75) is 32.6 Å². The highest BCUT2D eigenvalue weighted by atomic mass is 35.5. The molecule has 0 aliphatic heterocycles. The molecule has 17 heavy (non-hydrogen) atoms. The minimum Gasteiger partial charge on any atom is -0.397 e. The van der Waals surface area contributed by atoms with Crippen LogP contribution in [-0.4, -0.2) is 6.54 Å². The summed E-state index contributed by atoms with van der Waals surface area (Å²) in [6.45, 7) is 3.09. The number of hydrogen-bond donors (Lipinski definition) is 2. The van der Waals surface area contributed by atoms with Gasteiger partial charge in [0.25, 0.3) is 0 Å². The first-order valence-corrected chi connectivity index (χ1v) is 6.36. The summed E-state index contributed by atoms with van der Waals surface area (Å²) in [5.74, 6) is -0.431. The Morgan fingerprint density at radius 3 is 2.71 bits per heavy atom. The number of nitrogen functional groups attached to an aromatic ring is 1. The first-order valence-electron chi connectivity index (χ1n) is 5.99. The molecule has 2 rings (SSSR count). The van der Waals surface area contributed by atoms with Crippen molar-refractivity contribution in [3.05, 3.63) is 23.0 Å². The standard InChI is InChI=1S/C13H18ClFN2/c1-13(4-2-3-5-13)8-17-12-7-10(15)9(14)6-11(12)16/h6-7,17H,2-5,8,16H2,1H3. The first kappa shape index (κ1) is 12.5. The molecule has 0 unspecified atom stereocenters. The molecule has 1 fully saturated rings. The number of halogens is 2. The molecule has 0 bridgehead atoms. The van der Waals surface area contributed by atoms with Crippen LogP contribution in [-0.2, 0) is 0 Å². The van der Waals surface area contributed by atoms with Gasteiger partial charge in [-0.15, -0.1) is 0 Å². The summed E-state index contributed by atoms with van der Waals surface area (Å²) >= 11 is 5.66. The van der Waals surface area contributed by atoms with Crippen LogP contribution >= 0.6 is 11.6 Å². The summed E-state index contributed by atoms with van der Waals surface area (Å²) in [6, 6.07) is 2.83. The Hall–Kier alpha value is -0.960. The molecular formula is C13H18ClFN2. The van der Waals surface area contributed by atoms with Gasteiger partial charge in [-0.05, 0) is 24.3 Å². The third-order valence-corrected chi connectivity index (χ3v) is 3.90. The molecule has 0 spiro atoms. The van der Waals surface area contributed by atoms with Crippen molar-refractivity contribution in [2.24, 2.45) is 5.41 Å². The average molecular weight is 257 g/mol. The summed E-state index contributed by atoms with van der Waals surface area (Å²) in [5, 5.41) is 3.31. The topological polar surface area (TPSA) is 38.0 Å². The first-order chi connectivity index (χ1) is 8.00. The predicted molar refractivity (Wildman–Crippen MR) is 70.9 cm³/mol. The molecule has 0 amide bonds. The molecule has 1 aromatic rings. The fourth-order valence-electron chi connectivity index (χ4n) is 2.43. The fourth-order valence-corrected chi connectivity index (χ4v) is 2.60. The van der Waals surface area contributed by atoms with Crippen LogP contribution in [0.2, 0.25) is 5.02 Å². The van der Waals surface area contributed by atoms with E-state index in [1.165, 1.54) is 37.8 Å². The van der Waals surface area contributed by atoms with Gasteiger partial charge in [-0.3, -0.25) is 0 Å². The second kappa shape index (κ2) is 4.73. The van der Waals surface area contributed by atoms with Crippen molar-refractivity contribution < 1.29 is 4.39 Å². The van der Waals surface area contributed by atoms with Gasteiger partial charge in [0, 0.05) is 12.6 Å². The molecule has 0 heterocycles. The van der Waals surface area contributed by atoms with E-state index in [1.807, 2.05) is 0 Å². The quantitative estimate of drug-likeness (QED) is 0.801. The van der Waals surface area contributed by atoms with E-state index in [1.54, 1.807) is 0 Å². The van der Waals surface area contributed by atoms with Crippen molar-refractivity contribution in [1.82, 2.24) is 0 Å². The highest BCUT2D eigenvalue weighted by Gasteiger charge is 2.28. The Kier molecular flexibility index (Phi) is 3.48. The SMILES string of the molecule is CC1(CNc2cc(F)c(Cl)cc2N)CCCC1. The second-order valence-corrected chi connectivity index (χ2v) is 5.63. The summed E-state index contributed by atoms with van der Waals surface area (Å²) < 4.78 is 13.3. The summed E-state index contributed by atoms with van der Waals surface area (Å²) in [4.78, 5) is 0. The summed E-state index contributed by atoms with van der Waals surface area (Å²) in [5.41, 5.74) is 7.25. The third kappa shape index (κ3) is 2.83. The molecular weight excluding hydrogens is 239 g/mol. The van der Waals surface area contributed by atoms with Crippen LogP contribution < -0.4 is 11.1 Å². The lowest BCUT2D eigenvalue weighted by Crippen LogP contribution is -2.23. The van der Waals surface area contributed by atoms with Crippen molar-refractivity contribution in [3.8, 4) is 0 Å². The zero-order chi connectivity index (χ0) is 12.5. The van der Waals surface area contributed by atoms with Gasteiger partial charge in [-0.25, -0.2) is 4.39 Å². The molecule has 0 radical (unpaired) electrons. The number of anilines is 2. The maximum atomic E-state index is 13.3. The van der Waals surface area contributed by atoms with Crippen molar-refractivity contribution in [3.63, 3.8) is 0 Å². The Morgan fingerprint density at radius 1 is 1.41 bits per heavy atom. The van der Waals surface area contributed by atoms with E-state index in [-0.39, 0.29) is 5.02 Å². The number of benzene rings is 1. The molecule has 2 nitrogen and oxygen atoms in total. The van der Waals surface area contributed by atoms with Gasteiger partial charge in [0.2, 0.25) is 0 Å². The highest BCUT2D eigenvalue weighted by molar-refractivity contribution is 6.31. The van der Waals surface area contributed by atoms with E-state index in [9.17, 15) is 4.39 Å². The zero-order valence-electron chi connectivity index (χ0n) is 10.0. The average Bonchev–Trinajstić information content (AvgIpc) is 2.69. The Bertz CT molecular complexity index is 414. The van der Waals surface area contributed by atoms with Crippen LogP contribution in [0.15, 0.2) is 12.1 Å². The van der Waals surface area contributed by atoms with E-state index < -0.39 is 5.82 Å². The van der Waals surface area contributed by atoms with E-state index in [0.717, 1.165) is 6.54 Å². The van der Waals surface area contributed by atoms with Crippen LogP contribution in [0, 0.1) is 11.2 Å². The Morgan fingerprint density at radius 2 is 2.06 bits per heavy atom. The summed E-state index contributed by atoms with van der Waals surface area (Å²) in [7, 11) is 0. The van der Waals surface area contributed by atoms with Crippen molar-refractivity contribution in [2.75, 3.05) is 17.6 Å². The van der Waals surface area contributed by atoms with Gasteiger partial charge in [-0.2, -0.15) is 0 Å². The van der Waals surface area contributed by atoms with Gasteiger partial charge in [-0.1, -0.05) is 31.4 Å². The molecule has 94 valence electrons. The lowest BCUT2D eigenvalue weighted by atomic mass is 9.89. The van der Waals surface area contributed by atoms with Gasteiger partial charge in [0.05, 0.1) is 16.4 Å². The van der Waals surface area contributed by atoms with Gasteiger partial charge in [0.1, 0.15) is 5.82 Å². The van der Waals surface area contributed by atoms with Gasteiger partial charge in [0.15, 0.2) is 0 Å². The second-order valence-electron chi connectivity index (χ2n) is 5.22. The molecule has 3 N–H and O–H groups in total. The third-order valence-electron chi connectivity index (χ3n) is 3.61. The smallest absolute Gasteiger partial charge is 0.143 e. The molecule has 1 aromatic carbocycles. The van der Waals surface area contributed by atoms with Crippen LogP contribution in [0.3, 0.4) is 0 Å². The van der Waals surface area contributed by atoms with E-state index >= 15 is 0 Å². The van der Waals surface area contributed by atoms with Crippen LogP contribution in [0.5, 0.6) is 0 Å². The monoisotopic (exact) mass is 256 g/mol. The predicted octanol–water partition coefficient (Wildman–Crippen LogP) is 4.05. The van der Waals surface area contributed by atoms with Gasteiger partial charge >= 0.3 is 0 Å². The maximum Gasteiger partial charge on any atom is 0.143 e. The van der Waals surface area contributed by atoms with E-state index in [4.69, 9.17) is 17.3 Å². The number of hydrogen-bond acceptors (Lipinski definition) is 2.